The Hall–Kier alpha value is -2.95. The minimum Gasteiger partial charge on any atom is -0.320 e. The summed E-state index contributed by atoms with van der Waals surface area (Å²) in [7, 11) is 0. The second kappa shape index (κ2) is 8.19. The van der Waals surface area contributed by atoms with E-state index in [0.717, 1.165) is 16.8 Å². The Bertz CT molecular complexity index is 1080. The number of amides is 1. The average molecular weight is 392 g/mol. The maximum absolute atomic E-state index is 13.4. The van der Waals surface area contributed by atoms with Crippen LogP contribution in [0, 0.1) is 0 Å². The predicted molar refractivity (Wildman–Crippen MR) is 119 cm³/mol. The normalized spacial score (nSPS) is 11.6. The number of rotatable bonds is 5. The number of carbonyl (C=O) groups excluding carboxylic acids is 1. The fourth-order valence-corrected chi connectivity index (χ4v) is 3.59. The molecule has 1 heterocycles. The smallest absolute Gasteiger partial charge is 0.276 e. The highest BCUT2D eigenvalue weighted by Gasteiger charge is 2.21. The maximum Gasteiger partial charge on any atom is 0.276 e. The van der Waals surface area contributed by atoms with Crippen molar-refractivity contribution in [1.29, 1.82) is 0 Å². The van der Waals surface area contributed by atoms with E-state index in [1.807, 2.05) is 38.1 Å². The first-order valence-corrected chi connectivity index (χ1v) is 10.2. The zero-order chi connectivity index (χ0) is 21.3. The summed E-state index contributed by atoms with van der Waals surface area (Å²) in [4.78, 5) is 26.1. The molecule has 0 saturated heterocycles. The number of carbonyl (C=O) groups is 1. The number of hydrogen-bond donors (Lipinski definition) is 1. The number of aromatic nitrogens is 2. The van der Waals surface area contributed by atoms with Crippen molar-refractivity contribution >= 4 is 22.4 Å². The van der Waals surface area contributed by atoms with Gasteiger partial charge in [0.05, 0.1) is 11.4 Å². The summed E-state index contributed by atoms with van der Waals surface area (Å²) in [6.45, 7) is 12.2. The molecule has 0 aliphatic carbocycles. The molecule has 3 rings (SSSR count). The van der Waals surface area contributed by atoms with Gasteiger partial charge in [0.2, 0.25) is 0 Å². The lowest BCUT2D eigenvalue weighted by molar-refractivity contribution is 0.102. The molecule has 0 saturated carbocycles. The Kier molecular flexibility index (Phi) is 5.87. The van der Waals surface area contributed by atoms with Gasteiger partial charge in [0.15, 0.2) is 5.69 Å². The molecule has 1 N–H and O–H groups in total. The number of anilines is 1. The van der Waals surface area contributed by atoms with Gasteiger partial charge in [-0.1, -0.05) is 64.1 Å². The molecule has 29 heavy (non-hydrogen) atoms. The molecular formula is C24H29N3O2. The number of fused-ring (bicyclic) bond motifs is 1. The van der Waals surface area contributed by atoms with Crippen molar-refractivity contribution in [2.75, 3.05) is 5.32 Å². The molecule has 0 aliphatic rings. The van der Waals surface area contributed by atoms with Crippen LogP contribution >= 0.6 is 0 Å². The van der Waals surface area contributed by atoms with Gasteiger partial charge in [0.1, 0.15) is 0 Å². The molecule has 1 amide bonds. The molecule has 0 unspecified atom stereocenters. The second-order valence-electron chi connectivity index (χ2n) is 8.31. The van der Waals surface area contributed by atoms with E-state index in [1.54, 1.807) is 18.2 Å². The molecule has 0 spiro atoms. The number of nitrogens with zero attached hydrogens (tertiary/aromatic N) is 2. The van der Waals surface area contributed by atoms with Crippen LogP contribution in [-0.2, 0) is 0 Å². The van der Waals surface area contributed by atoms with E-state index in [1.165, 1.54) is 4.68 Å². The molecule has 1 aromatic heterocycles. The van der Waals surface area contributed by atoms with Crippen molar-refractivity contribution in [2.24, 2.45) is 0 Å². The van der Waals surface area contributed by atoms with E-state index in [4.69, 9.17) is 0 Å². The molecule has 3 aromatic rings. The summed E-state index contributed by atoms with van der Waals surface area (Å²) < 4.78 is 1.38. The van der Waals surface area contributed by atoms with Gasteiger partial charge in [-0.25, -0.2) is 4.68 Å². The lowest BCUT2D eigenvalue weighted by atomic mass is 9.92. The van der Waals surface area contributed by atoms with Crippen LogP contribution in [0.15, 0.2) is 47.3 Å². The van der Waals surface area contributed by atoms with Crippen molar-refractivity contribution in [1.82, 2.24) is 9.78 Å². The van der Waals surface area contributed by atoms with Gasteiger partial charge in [0.25, 0.3) is 11.5 Å². The van der Waals surface area contributed by atoms with Gasteiger partial charge in [-0.05, 0) is 42.9 Å². The summed E-state index contributed by atoms with van der Waals surface area (Å²) in [5.41, 5.74) is 3.10. The third-order valence-electron chi connectivity index (χ3n) is 5.14. The van der Waals surface area contributed by atoms with Crippen molar-refractivity contribution in [2.45, 2.75) is 59.4 Å². The fourth-order valence-electron chi connectivity index (χ4n) is 3.59. The van der Waals surface area contributed by atoms with Gasteiger partial charge in [-0.2, -0.15) is 5.10 Å². The van der Waals surface area contributed by atoms with Crippen molar-refractivity contribution < 1.29 is 4.79 Å². The van der Waals surface area contributed by atoms with Crippen LogP contribution < -0.4 is 10.9 Å². The van der Waals surface area contributed by atoms with E-state index >= 15 is 0 Å². The molecule has 0 aliphatic heterocycles. The van der Waals surface area contributed by atoms with Crippen LogP contribution in [0.1, 0.15) is 81.0 Å². The largest absolute Gasteiger partial charge is 0.320 e. The first-order chi connectivity index (χ1) is 13.7. The second-order valence-corrected chi connectivity index (χ2v) is 8.31. The predicted octanol–water partition coefficient (Wildman–Crippen LogP) is 5.48. The van der Waals surface area contributed by atoms with Crippen molar-refractivity contribution in [3.05, 3.63) is 69.6 Å². The zero-order valence-corrected chi connectivity index (χ0v) is 18.0. The average Bonchev–Trinajstić information content (AvgIpc) is 2.67. The molecule has 5 heteroatoms. The molecule has 0 radical (unpaired) electrons. The highest BCUT2D eigenvalue weighted by atomic mass is 16.2. The van der Waals surface area contributed by atoms with Gasteiger partial charge in [-0.15, -0.1) is 0 Å². The Morgan fingerprint density at radius 1 is 0.862 bits per heavy atom. The Morgan fingerprint density at radius 3 is 1.93 bits per heavy atom. The summed E-state index contributed by atoms with van der Waals surface area (Å²) in [5, 5.41) is 8.63. The Labute approximate surface area is 171 Å². The van der Waals surface area contributed by atoms with E-state index in [9.17, 15) is 9.59 Å². The quantitative estimate of drug-likeness (QED) is 0.627. The lowest BCUT2D eigenvalue weighted by Crippen LogP contribution is -2.29. The summed E-state index contributed by atoms with van der Waals surface area (Å²) >= 11 is 0. The Balaban J connectivity index is 2.18. The summed E-state index contributed by atoms with van der Waals surface area (Å²) in [5.74, 6) is 0.224. The molecule has 152 valence electrons. The van der Waals surface area contributed by atoms with Crippen LogP contribution in [-0.4, -0.2) is 15.7 Å². The van der Waals surface area contributed by atoms with E-state index in [2.05, 4.69) is 38.1 Å². The first kappa shape index (κ1) is 20.8. The molecule has 2 aromatic carbocycles. The summed E-state index contributed by atoms with van der Waals surface area (Å²) in [6.07, 6.45) is 0. The lowest BCUT2D eigenvalue weighted by Gasteiger charge is -2.20. The molecular weight excluding hydrogens is 362 g/mol. The third kappa shape index (κ3) is 3.95. The fraction of sp³-hybridized carbons (Fsp3) is 0.375. The van der Waals surface area contributed by atoms with Crippen molar-refractivity contribution in [3.63, 3.8) is 0 Å². The van der Waals surface area contributed by atoms with E-state index < -0.39 is 0 Å². The third-order valence-corrected chi connectivity index (χ3v) is 5.14. The number of benzene rings is 2. The van der Waals surface area contributed by atoms with Crippen LogP contribution in [0.2, 0.25) is 0 Å². The Morgan fingerprint density at radius 2 is 1.41 bits per heavy atom. The first-order valence-electron chi connectivity index (χ1n) is 10.2. The molecule has 0 bridgehead atoms. The van der Waals surface area contributed by atoms with E-state index in [-0.39, 0.29) is 35.0 Å². The number of para-hydroxylation sites is 1. The topological polar surface area (TPSA) is 64.0 Å². The SMILES string of the molecule is CC(C)c1cccc(C(C)C)c1NC(=O)c1nn(C(C)C)c(=O)c2ccccc12. The van der Waals surface area contributed by atoms with Gasteiger partial charge >= 0.3 is 0 Å². The molecule has 5 nitrogen and oxygen atoms in total. The van der Waals surface area contributed by atoms with Crippen LogP contribution in [0.3, 0.4) is 0 Å². The zero-order valence-electron chi connectivity index (χ0n) is 18.0. The number of nitrogens with one attached hydrogen (secondary N) is 1. The highest BCUT2D eigenvalue weighted by molar-refractivity contribution is 6.11. The van der Waals surface area contributed by atoms with Gasteiger partial charge in [0, 0.05) is 11.1 Å². The summed E-state index contributed by atoms with van der Waals surface area (Å²) in [6, 6.07) is 13.1. The van der Waals surface area contributed by atoms with Gasteiger partial charge < -0.3 is 5.32 Å². The van der Waals surface area contributed by atoms with E-state index in [0.29, 0.717) is 10.8 Å². The van der Waals surface area contributed by atoms with Crippen LogP contribution in [0.5, 0.6) is 0 Å². The van der Waals surface area contributed by atoms with Crippen molar-refractivity contribution in [3.8, 4) is 0 Å². The standard InChI is InChI=1S/C24H29N3O2/c1-14(2)17-12-9-13-18(15(3)4)21(17)25-23(28)22-19-10-7-8-11-20(19)24(29)27(26-22)16(5)6/h7-16H,1-6H3,(H,25,28). The monoisotopic (exact) mass is 391 g/mol. The molecule has 0 atom stereocenters. The van der Waals surface area contributed by atoms with Crippen LogP contribution in [0.4, 0.5) is 5.69 Å². The number of hydrogen-bond acceptors (Lipinski definition) is 3. The van der Waals surface area contributed by atoms with Crippen LogP contribution in [0.25, 0.3) is 10.8 Å². The maximum atomic E-state index is 13.4. The minimum atomic E-state index is -0.300. The highest BCUT2D eigenvalue weighted by Crippen LogP contribution is 2.33. The minimum absolute atomic E-state index is 0.146. The van der Waals surface area contributed by atoms with Gasteiger partial charge in [-0.3, -0.25) is 9.59 Å². The molecule has 0 fully saturated rings.